The van der Waals surface area contributed by atoms with Crippen molar-refractivity contribution < 1.29 is 14.8 Å². The van der Waals surface area contributed by atoms with Gasteiger partial charge in [-0.05, 0) is 28.2 Å². The zero-order valence-electron chi connectivity index (χ0n) is 16.0. The minimum Gasteiger partial charge on any atom is -0.338 e. The van der Waals surface area contributed by atoms with Gasteiger partial charge in [0, 0.05) is 25.2 Å². The summed E-state index contributed by atoms with van der Waals surface area (Å²) < 4.78 is 0. The minimum atomic E-state index is -0.630. The summed E-state index contributed by atoms with van der Waals surface area (Å²) in [7, 11) is 0. The molecule has 1 aliphatic rings. The van der Waals surface area contributed by atoms with Crippen LogP contribution in [0.2, 0.25) is 0 Å². The van der Waals surface area contributed by atoms with Gasteiger partial charge in [-0.25, -0.2) is 10.5 Å². The van der Waals surface area contributed by atoms with E-state index in [2.05, 4.69) is 37.9 Å². The number of nitrogens with zero attached hydrogens (tertiary/aromatic N) is 2. The van der Waals surface area contributed by atoms with E-state index in [0.717, 1.165) is 16.8 Å². The van der Waals surface area contributed by atoms with Crippen molar-refractivity contribution in [3.8, 4) is 0 Å². The Bertz CT molecular complexity index is 854. The van der Waals surface area contributed by atoms with E-state index in [9.17, 15) is 9.59 Å². The number of benzene rings is 1. The molecule has 6 heteroatoms. The molecule has 0 bridgehead atoms. The molecule has 1 aliphatic heterocycles. The van der Waals surface area contributed by atoms with Gasteiger partial charge in [-0.2, -0.15) is 0 Å². The van der Waals surface area contributed by atoms with Gasteiger partial charge in [-0.3, -0.25) is 14.8 Å². The van der Waals surface area contributed by atoms with Crippen LogP contribution in [0.15, 0.2) is 36.4 Å². The minimum absolute atomic E-state index is 0.0846. The van der Waals surface area contributed by atoms with Crippen LogP contribution >= 0.6 is 0 Å². The number of hydroxylamine groups is 1. The number of aromatic nitrogens is 1. The van der Waals surface area contributed by atoms with E-state index in [4.69, 9.17) is 5.21 Å². The third-order valence-electron chi connectivity index (χ3n) is 4.91. The largest absolute Gasteiger partial charge is 0.338 e. The van der Waals surface area contributed by atoms with E-state index in [1.165, 1.54) is 5.56 Å². The van der Waals surface area contributed by atoms with Crippen LogP contribution in [-0.2, 0) is 29.6 Å². The van der Waals surface area contributed by atoms with Crippen molar-refractivity contribution in [2.45, 2.75) is 45.6 Å². The Morgan fingerprint density at radius 1 is 1.15 bits per heavy atom. The lowest BCUT2D eigenvalue weighted by Gasteiger charge is -2.28. The summed E-state index contributed by atoms with van der Waals surface area (Å²) >= 11 is 0. The third kappa shape index (κ3) is 4.34. The molecular formula is C21H25N3O3. The molecule has 2 aromatic rings. The Hall–Kier alpha value is -2.73. The van der Waals surface area contributed by atoms with Crippen LogP contribution in [0.25, 0.3) is 0 Å². The molecule has 1 aromatic heterocycles. The molecule has 0 saturated heterocycles. The van der Waals surface area contributed by atoms with Crippen molar-refractivity contribution in [3.05, 3.63) is 64.5 Å². The maximum absolute atomic E-state index is 12.7. The van der Waals surface area contributed by atoms with Crippen LogP contribution in [0.4, 0.5) is 0 Å². The van der Waals surface area contributed by atoms with Crippen LogP contribution in [0.3, 0.4) is 0 Å². The van der Waals surface area contributed by atoms with Crippen LogP contribution in [0.1, 0.15) is 53.6 Å². The standard InChI is InChI=1S/C21H25N3O3/c1-21(2,3)16-7-4-14(5-8-16)12-19(25)24-11-10-17-15(13-24)6-9-18(22-17)20(26)23-27/h4-9,27H,10-13H2,1-3H3,(H,23,26). The number of hydrogen-bond acceptors (Lipinski definition) is 4. The van der Waals surface area contributed by atoms with Crippen molar-refractivity contribution in [1.82, 2.24) is 15.4 Å². The lowest BCUT2D eigenvalue weighted by Crippen LogP contribution is -2.37. The lowest BCUT2D eigenvalue weighted by atomic mass is 9.86. The number of nitrogens with one attached hydrogen (secondary N) is 1. The fourth-order valence-corrected chi connectivity index (χ4v) is 3.22. The fourth-order valence-electron chi connectivity index (χ4n) is 3.22. The number of hydrogen-bond donors (Lipinski definition) is 2. The van der Waals surface area contributed by atoms with Gasteiger partial charge in [-0.1, -0.05) is 51.1 Å². The first kappa shape index (κ1) is 19.0. The van der Waals surface area contributed by atoms with Gasteiger partial charge in [0.2, 0.25) is 5.91 Å². The monoisotopic (exact) mass is 367 g/mol. The maximum atomic E-state index is 12.7. The number of rotatable bonds is 3. The molecule has 2 amide bonds. The molecule has 3 rings (SSSR count). The molecule has 0 unspecified atom stereocenters. The highest BCUT2D eigenvalue weighted by Gasteiger charge is 2.23. The molecule has 2 N–H and O–H groups in total. The SMILES string of the molecule is CC(C)(C)c1ccc(CC(=O)N2CCc3nc(C(=O)NO)ccc3C2)cc1. The third-order valence-corrected chi connectivity index (χ3v) is 4.91. The van der Waals surface area contributed by atoms with Crippen LogP contribution in [-0.4, -0.2) is 33.5 Å². The molecule has 6 nitrogen and oxygen atoms in total. The molecule has 27 heavy (non-hydrogen) atoms. The topological polar surface area (TPSA) is 82.5 Å². The summed E-state index contributed by atoms with van der Waals surface area (Å²) in [5.74, 6) is -0.545. The first-order chi connectivity index (χ1) is 12.8. The predicted octanol–water partition coefficient (Wildman–Crippen LogP) is 2.63. The first-order valence-electron chi connectivity index (χ1n) is 9.08. The molecule has 0 spiro atoms. The van der Waals surface area contributed by atoms with Gasteiger partial charge in [0.1, 0.15) is 5.69 Å². The highest BCUT2D eigenvalue weighted by molar-refractivity contribution is 5.91. The number of fused-ring (bicyclic) bond motifs is 1. The number of amides is 2. The maximum Gasteiger partial charge on any atom is 0.293 e. The summed E-state index contributed by atoms with van der Waals surface area (Å²) in [5, 5.41) is 8.72. The normalized spacial score (nSPS) is 13.9. The summed E-state index contributed by atoms with van der Waals surface area (Å²) in [4.78, 5) is 30.3. The molecule has 0 atom stereocenters. The molecule has 0 fully saturated rings. The first-order valence-corrected chi connectivity index (χ1v) is 9.08. The molecular weight excluding hydrogens is 342 g/mol. The second-order valence-electron chi connectivity index (χ2n) is 7.93. The van der Waals surface area contributed by atoms with Gasteiger partial charge in [0.15, 0.2) is 0 Å². The smallest absolute Gasteiger partial charge is 0.293 e. The zero-order valence-corrected chi connectivity index (χ0v) is 16.0. The molecule has 0 aliphatic carbocycles. The van der Waals surface area contributed by atoms with E-state index in [1.807, 2.05) is 17.0 Å². The Kier molecular flexibility index (Phi) is 5.28. The molecule has 0 saturated carbocycles. The summed E-state index contributed by atoms with van der Waals surface area (Å²) in [6.07, 6.45) is 0.967. The number of carbonyl (C=O) groups excluding carboxylic acids is 2. The molecule has 1 aromatic carbocycles. The van der Waals surface area contributed by atoms with E-state index < -0.39 is 5.91 Å². The lowest BCUT2D eigenvalue weighted by molar-refractivity contribution is -0.131. The van der Waals surface area contributed by atoms with Gasteiger partial charge in [0.25, 0.3) is 5.91 Å². The van der Waals surface area contributed by atoms with Crippen molar-refractivity contribution in [1.29, 1.82) is 0 Å². The van der Waals surface area contributed by atoms with Gasteiger partial charge in [-0.15, -0.1) is 0 Å². The van der Waals surface area contributed by atoms with Crippen molar-refractivity contribution in [2.75, 3.05) is 6.54 Å². The van der Waals surface area contributed by atoms with Crippen molar-refractivity contribution in [2.24, 2.45) is 0 Å². The van der Waals surface area contributed by atoms with Gasteiger partial charge >= 0.3 is 0 Å². The summed E-state index contributed by atoms with van der Waals surface area (Å²) in [6, 6.07) is 11.6. The van der Waals surface area contributed by atoms with E-state index >= 15 is 0 Å². The fraction of sp³-hybridized carbons (Fsp3) is 0.381. The average molecular weight is 367 g/mol. The second kappa shape index (κ2) is 7.48. The van der Waals surface area contributed by atoms with E-state index in [-0.39, 0.29) is 17.0 Å². The highest BCUT2D eigenvalue weighted by Crippen LogP contribution is 2.23. The predicted molar refractivity (Wildman–Crippen MR) is 101 cm³/mol. The zero-order chi connectivity index (χ0) is 19.6. The Labute approximate surface area is 159 Å². The Balaban J connectivity index is 1.66. The quantitative estimate of drug-likeness (QED) is 0.645. The van der Waals surface area contributed by atoms with E-state index in [1.54, 1.807) is 17.6 Å². The van der Waals surface area contributed by atoms with Crippen LogP contribution in [0.5, 0.6) is 0 Å². The van der Waals surface area contributed by atoms with Gasteiger partial charge < -0.3 is 4.90 Å². The highest BCUT2D eigenvalue weighted by atomic mass is 16.5. The number of pyridine rings is 1. The average Bonchev–Trinajstić information content (AvgIpc) is 2.66. The Morgan fingerprint density at radius 3 is 2.48 bits per heavy atom. The van der Waals surface area contributed by atoms with E-state index in [0.29, 0.717) is 25.9 Å². The van der Waals surface area contributed by atoms with Crippen LogP contribution in [0, 0.1) is 0 Å². The van der Waals surface area contributed by atoms with Gasteiger partial charge in [0.05, 0.1) is 6.42 Å². The molecule has 2 heterocycles. The van der Waals surface area contributed by atoms with Crippen molar-refractivity contribution in [3.63, 3.8) is 0 Å². The molecule has 0 radical (unpaired) electrons. The summed E-state index contributed by atoms with van der Waals surface area (Å²) in [6.45, 7) is 7.57. The van der Waals surface area contributed by atoms with Crippen molar-refractivity contribution >= 4 is 11.8 Å². The number of carbonyl (C=O) groups is 2. The summed E-state index contributed by atoms with van der Waals surface area (Å²) in [5.41, 5.74) is 5.85. The van der Waals surface area contributed by atoms with Crippen LogP contribution < -0.4 is 5.48 Å². The second-order valence-corrected chi connectivity index (χ2v) is 7.93. The molecule has 142 valence electrons. The Morgan fingerprint density at radius 2 is 1.85 bits per heavy atom.